The number of benzene rings is 2. The second-order valence-corrected chi connectivity index (χ2v) is 23.7. The monoisotopic (exact) mass is 1170 g/mol. The fraction of sp³-hybridized carbons (Fsp3) is 0.547. The van der Waals surface area contributed by atoms with Gasteiger partial charge < -0.3 is 105 Å². The minimum absolute atomic E-state index is 0.366. The van der Waals surface area contributed by atoms with E-state index in [1.54, 1.807) is 59.2 Å². The summed E-state index contributed by atoms with van der Waals surface area (Å²) >= 11 is 6.96. The average molecular weight is 1170 g/mol. The maximum Gasteiger partial charge on any atom is 0.124 e. The van der Waals surface area contributed by atoms with Crippen molar-refractivity contribution < 1.29 is 105 Å². The SMILES string of the molecule is COc1ccc(Cc2cc3sccc3s2)cc1[C@@H]1O[C@H](CO)[C@@H](O)[C@H](O)[C@H]1O.C[C@@H]1O[C@H](CO)[C@@H](O)[C@H](O)[C@H]1O.C[C@@H]1O[C@H](CO)[C@@H](O)[C@H](O)[C@H]1O.OC[C@H]1O[C@@H](c2cccc(Cc3cc4sccc4s3)c2)[C@H](O)[C@@H](O)[C@@H]1O. The van der Waals surface area contributed by atoms with Crippen molar-refractivity contribution in [3.63, 3.8) is 0 Å². The molecule has 4 saturated heterocycles. The number of hydrogen-bond acceptors (Lipinski definition) is 25. The molecule has 8 heterocycles. The van der Waals surface area contributed by atoms with E-state index in [-0.39, 0.29) is 13.2 Å². The first-order valence-electron chi connectivity index (χ1n) is 25.1. The Morgan fingerprint density at radius 3 is 1.27 bits per heavy atom. The van der Waals surface area contributed by atoms with Crippen molar-refractivity contribution in [2.75, 3.05) is 33.5 Å². The third kappa shape index (κ3) is 14.3. The standard InChI is InChI=1S/C20H22O6S2.C19H20O5S2.2C7H14O5/c1-25-13-3-2-10(6-11-8-16-15(28-11)4-5-27-16)7-12(13)20-19(24)18(23)17(22)14(9-21)26-20;20-9-13-16(21)17(22)18(23)19(24-13)11-3-1-2-10(6-11)7-12-8-15-14(26-12)4-5-25-15;2*1-3-5(9)7(11)6(10)4(2-8)12-3/h2-5,7-8,14,17-24H,6,9H2,1H3;1-6,8,13,16-23H,7,9H2;2*3-11H,2H2,1H3/t14-,17-,18+,19-,20+;13-,16-,17+,18-,19+;2*3-,4+,5-,6+,7+/m1100/s1. The minimum Gasteiger partial charge on any atom is -0.496 e. The van der Waals surface area contributed by atoms with Crippen LogP contribution >= 0.6 is 45.3 Å². The molecule has 6 aromatic rings. The van der Waals surface area contributed by atoms with Crippen molar-refractivity contribution >= 4 is 64.1 Å². The number of aliphatic hydroxyl groups excluding tert-OH is 16. The molecule has 0 saturated carbocycles. The van der Waals surface area contributed by atoms with Gasteiger partial charge in [-0.2, -0.15) is 0 Å². The molecule has 0 aliphatic carbocycles. The van der Waals surface area contributed by atoms with Gasteiger partial charge in [-0.1, -0.05) is 30.3 Å². The largest absolute Gasteiger partial charge is 0.496 e. The summed E-state index contributed by atoms with van der Waals surface area (Å²) < 4.78 is 31.9. The third-order valence-electron chi connectivity index (χ3n) is 14.1. The summed E-state index contributed by atoms with van der Waals surface area (Å²) in [5.74, 6) is 0.514. The third-order valence-corrected chi connectivity index (χ3v) is 18.3. The summed E-state index contributed by atoms with van der Waals surface area (Å²) in [5.41, 5.74) is 3.39. The smallest absolute Gasteiger partial charge is 0.124 e. The van der Waals surface area contributed by atoms with Crippen molar-refractivity contribution in [2.24, 2.45) is 0 Å². The first-order valence-corrected chi connectivity index (χ1v) is 28.5. The van der Waals surface area contributed by atoms with Crippen LogP contribution in [0.25, 0.3) is 18.8 Å². The second kappa shape index (κ2) is 28.2. The van der Waals surface area contributed by atoms with Crippen LogP contribution in [-0.4, -0.2) is 225 Å². The fourth-order valence-corrected chi connectivity index (χ4v) is 13.9. The van der Waals surface area contributed by atoms with Gasteiger partial charge in [0.15, 0.2) is 0 Å². The zero-order chi connectivity index (χ0) is 56.7. The molecule has 0 amide bonds. The highest BCUT2D eigenvalue weighted by Crippen LogP contribution is 2.40. The highest BCUT2D eigenvalue weighted by molar-refractivity contribution is 7.27. The van der Waals surface area contributed by atoms with Gasteiger partial charge in [0.25, 0.3) is 0 Å². The molecule has 0 radical (unpaired) electrons. The van der Waals surface area contributed by atoms with Gasteiger partial charge >= 0.3 is 0 Å². The number of methoxy groups -OCH3 is 1. The van der Waals surface area contributed by atoms with Crippen molar-refractivity contribution in [1.29, 1.82) is 0 Å². The van der Waals surface area contributed by atoms with E-state index in [0.717, 1.165) is 29.5 Å². The molecule has 0 spiro atoms. The van der Waals surface area contributed by atoms with E-state index in [1.807, 2.05) is 42.5 Å². The van der Waals surface area contributed by atoms with Crippen LogP contribution in [0.3, 0.4) is 0 Å². The molecule has 21 nitrogen and oxygen atoms in total. The van der Waals surface area contributed by atoms with Crippen LogP contribution in [0.2, 0.25) is 0 Å². The van der Waals surface area contributed by atoms with E-state index in [2.05, 4.69) is 35.0 Å². The van der Waals surface area contributed by atoms with Crippen molar-refractivity contribution in [3.05, 3.63) is 109 Å². The van der Waals surface area contributed by atoms with Crippen LogP contribution in [0, 0.1) is 0 Å². The average Bonchev–Trinajstić information content (AvgIpc) is 4.26. The van der Waals surface area contributed by atoms with Gasteiger partial charge in [-0.3, -0.25) is 0 Å². The summed E-state index contributed by atoms with van der Waals surface area (Å²) in [7, 11) is 1.52. The first kappa shape index (κ1) is 62.4. The lowest BCUT2D eigenvalue weighted by Crippen LogP contribution is -2.57. The molecule has 16 N–H and O–H groups in total. The predicted molar refractivity (Wildman–Crippen MR) is 289 cm³/mol. The molecule has 4 aliphatic rings. The lowest BCUT2D eigenvalue weighted by Gasteiger charge is -2.40. The number of fused-ring (bicyclic) bond motifs is 2. The second-order valence-electron chi connectivity index (χ2n) is 19.5. The van der Waals surface area contributed by atoms with Crippen molar-refractivity contribution in [2.45, 2.75) is 149 Å². The molecule has 432 valence electrons. The Hall–Kier alpha value is -3.24. The quantitative estimate of drug-likeness (QED) is 0.0802. The maximum atomic E-state index is 10.5. The minimum atomic E-state index is -1.42. The molecule has 20 atom stereocenters. The Morgan fingerprint density at radius 2 is 0.833 bits per heavy atom. The highest BCUT2D eigenvalue weighted by atomic mass is 32.1. The van der Waals surface area contributed by atoms with E-state index in [4.69, 9.17) is 33.9 Å². The van der Waals surface area contributed by atoms with Crippen LogP contribution in [0.5, 0.6) is 5.75 Å². The lowest BCUT2D eigenvalue weighted by molar-refractivity contribution is -0.232. The molecule has 4 aromatic heterocycles. The molecule has 0 unspecified atom stereocenters. The summed E-state index contributed by atoms with van der Waals surface area (Å²) in [5, 5.41) is 157. The Morgan fingerprint density at radius 1 is 0.423 bits per heavy atom. The summed E-state index contributed by atoms with van der Waals surface area (Å²) in [6, 6.07) is 21.9. The number of hydrogen-bond donors (Lipinski definition) is 16. The molecule has 78 heavy (non-hydrogen) atoms. The topological polar surface area (TPSA) is 370 Å². The first-order chi connectivity index (χ1) is 37.2. The number of aliphatic hydroxyl groups is 16. The van der Waals surface area contributed by atoms with Gasteiger partial charge in [0.1, 0.15) is 116 Å². The van der Waals surface area contributed by atoms with E-state index in [0.29, 0.717) is 11.3 Å². The van der Waals surface area contributed by atoms with E-state index in [9.17, 15) is 71.5 Å². The van der Waals surface area contributed by atoms with Crippen molar-refractivity contribution in [3.8, 4) is 5.75 Å². The fourth-order valence-electron chi connectivity index (χ4n) is 9.51. The Labute approximate surface area is 464 Å². The van der Waals surface area contributed by atoms with Gasteiger partial charge in [0, 0.05) is 47.0 Å². The Kier molecular flexibility index (Phi) is 22.5. The summed E-state index contributed by atoms with van der Waals surface area (Å²) in [4.78, 5) is 2.49. The zero-order valence-corrected chi connectivity index (χ0v) is 45.9. The summed E-state index contributed by atoms with van der Waals surface area (Å²) in [6.07, 6.45) is -20.0. The molecule has 2 aromatic carbocycles. The Bertz CT molecular complexity index is 2660. The molecule has 25 heteroatoms. The number of thiophene rings is 4. The maximum absolute atomic E-state index is 10.5. The lowest BCUT2D eigenvalue weighted by atomic mass is 9.90. The normalized spacial score (nSPS) is 35.0. The van der Waals surface area contributed by atoms with Crippen LogP contribution in [0.1, 0.15) is 58.1 Å². The molecule has 10 rings (SSSR count). The number of ether oxygens (including phenoxy) is 5. The highest BCUT2D eigenvalue weighted by Gasteiger charge is 2.46. The molecule has 4 aliphatic heterocycles. The van der Waals surface area contributed by atoms with Crippen LogP contribution in [0.15, 0.2) is 77.5 Å². The van der Waals surface area contributed by atoms with Gasteiger partial charge in [-0.15, -0.1) is 45.3 Å². The van der Waals surface area contributed by atoms with Crippen LogP contribution < -0.4 is 4.74 Å². The van der Waals surface area contributed by atoms with Crippen LogP contribution in [0.4, 0.5) is 0 Å². The molecular formula is C53H70O21S4. The van der Waals surface area contributed by atoms with Gasteiger partial charge in [0.2, 0.25) is 0 Å². The van der Waals surface area contributed by atoms with E-state index in [1.165, 1.54) is 35.7 Å². The number of rotatable bonds is 11. The molecule has 4 fully saturated rings. The zero-order valence-electron chi connectivity index (χ0n) is 42.6. The van der Waals surface area contributed by atoms with E-state index < -0.39 is 135 Å². The van der Waals surface area contributed by atoms with E-state index >= 15 is 0 Å². The summed E-state index contributed by atoms with van der Waals surface area (Å²) in [6.45, 7) is 1.53. The van der Waals surface area contributed by atoms with Crippen LogP contribution in [-0.2, 0) is 31.8 Å². The van der Waals surface area contributed by atoms with Gasteiger partial charge in [-0.05, 0) is 77.7 Å². The van der Waals surface area contributed by atoms with Gasteiger partial charge in [-0.25, -0.2) is 0 Å². The van der Waals surface area contributed by atoms with Crippen molar-refractivity contribution in [1.82, 2.24) is 0 Å². The predicted octanol–water partition coefficient (Wildman–Crippen LogP) is -0.157. The molecule has 0 bridgehead atoms. The van der Waals surface area contributed by atoms with Gasteiger partial charge in [0.05, 0.1) is 45.7 Å². The molecular weight excluding hydrogens is 1100 g/mol. The Balaban J connectivity index is 0.000000162.